The maximum absolute atomic E-state index is 12.1. The number of likely N-dealkylation sites (tertiary alicyclic amines) is 1. The number of piperidine rings is 1. The summed E-state index contributed by atoms with van der Waals surface area (Å²) in [5, 5.41) is 9.65. The van der Waals surface area contributed by atoms with Crippen LogP contribution in [0.15, 0.2) is 0 Å². The maximum Gasteiger partial charge on any atom is 0.328 e. The summed E-state index contributed by atoms with van der Waals surface area (Å²) in [7, 11) is 1.34. The summed E-state index contributed by atoms with van der Waals surface area (Å²) in [5.74, 6) is -0.215. The molecular formula is C13H21NO4. The highest BCUT2D eigenvalue weighted by Crippen LogP contribution is 2.65. The van der Waals surface area contributed by atoms with Crippen LogP contribution in [0.3, 0.4) is 0 Å². The van der Waals surface area contributed by atoms with E-state index in [0.29, 0.717) is 18.9 Å². The number of amides is 1. The Bertz CT molecular complexity index is 379. The standard InChI is InChI=1S/C13H21NO4/c1-5-8(15)11(16)14-6-7-9(13(7,2)3)10(14)12(17)18-4/h7-10,15H,5-6H2,1-4H3/t7-,8+,9-,10-/m0/s1. The van der Waals surface area contributed by atoms with Gasteiger partial charge in [0.2, 0.25) is 0 Å². The predicted octanol–water partition coefficient (Wildman–Crippen LogP) is 0.413. The smallest absolute Gasteiger partial charge is 0.328 e. The van der Waals surface area contributed by atoms with Crippen LogP contribution >= 0.6 is 0 Å². The molecule has 5 heteroatoms. The van der Waals surface area contributed by atoms with E-state index < -0.39 is 12.1 Å². The molecule has 0 bridgehead atoms. The lowest BCUT2D eigenvalue weighted by Gasteiger charge is -2.30. The first-order valence-corrected chi connectivity index (χ1v) is 6.42. The molecule has 1 amide bonds. The Labute approximate surface area is 107 Å². The molecule has 102 valence electrons. The van der Waals surface area contributed by atoms with Crippen LogP contribution in [0.4, 0.5) is 0 Å². The van der Waals surface area contributed by atoms with Crippen LogP contribution in [0.5, 0.6) is 0 Å². The quantitative estimate of drug-likeness (QED) is 0.742. The van der Waals surface area contributed by atoms with Crippen LogP contribution in [0.25, 0.3) is 0 Å². The van der Waals surface area contributed by atoms with E-state index in [2.05, 4.69) is 13.8 Å². The summed E-state index contributed by atoms with van der Waals surface area (Å²) in [4.78, 5) is 25.4. The SMILES string of the molecule is CC[C@@H](O)C(=O)N1C[C@H]2[C@@H]([C@H]1C(=O)OC)C2(C)C. The van der Waals surface area contributed by atoms with Gasteiger partial charge in [-0.1, -0.05) is 20.8 Å². The molecule has 0 aromatic heterocycles. The number of ether oxygens (including phenoxy) is 1. The number of hydrogen-bond acceptors (Lipinski definition) is 4. The van der Waals surface area contributed by atoms with Crippen LogP contribution in [0, 0.1) is 17.3 Å². The number of methoxy groups -OCH3 is 1. The fraction of sp³-hybridized carbons (Fsp3) is 0.846. The number of hydrogen-bond donors (Lipinski definition) is 1. The van der Waals surface area contributed by atoms with Gasteiger partial charge in [0.25, 0.3) is 5.91 Å². The molecule has 1 heterocycles. The van der Waals surface area contributed by atoms with Crippen molar-refractivity contribution >= 4 is 11.9 Å². The highest BCUT2D eigenvalue weighted by atomic mass is 16.5. The van der Waals surface area contributed by atoms with Gasteiger partial charge < -0.3 is 14.7 Å². The van der Waals surface area contributed by atoms with Crippen molar-refractivity contribution in [2.75, 3.05) is 13.7 Å². The molecule has 1 aliphatic heterocycles. The Balaban J connectivity index is 2.18. The van der Waals surface area contributed by atoms with Crippen molar-refractivity contribution in [1.82, 2.24) is 4.90 Å². The first kappa shape index (κ1) is 13.3. The van der Waals surface area contributed by atoms with Crippen molar-refractivity contribution < 1.29 is 19.4 Å². The molecule has 18 heavy (non-hydrogen) atoms. The minimum Gasteiger partial charge on any atom is -0.467 e. The Hall–Kier alpha value is -1.10. The van der Waals surface area contributed by atoms with E-state index in [1.54, 1.807) is 6.92 Å². The van der Waals surface area contributed by atoms with Crippen LogP contribution in [-0.2, 0) is 14.3 Å². The van der Waals surface area contributed by atoms with Gasteiger partial charge in [-0.3, -0.25) is 4.79 Å². The third-order valence-electron chi connectivity index (χ3n) is 4.61. The number of nitrogens with zero attached hydrogens (tertiary/aromatic N) is 1. The minimum atomic E-state index is -1.02. The van der Waals surface area contributed by atoms with Gasteiger partial charge in [0.05, 0.1) is 7.11 Å². The molecule has 5 nitrogen and oxygen atoms in total. The Morgan fingerprint density at radius 1 is 1.50 bits per heavy atom. The second kappa shape index (κ2) is 4.23. The van der Waals surface area contributed by atoms with E-state index in [4.69, 9.17) is 4.74 Å². The van der Waals surface area contributed by atoms with Crippen molar-refractivity contribution in [2.45, 2.75) is 39.3 Å². The lowest BCUT2D eigenvalue weighted by Crippen LogP contribution is -2.49. The molecule has 1 aliphatic carbocycles. The highest BCUT2D eigenvalue weighted by molar-refractivity contribution is 5.88. The number of aliphatic hydroxyl groups excluding tert-OH is 1. The van der Waals surface area contributed by atoms with Crippen molar-refractivity contribution in [3.05, 3.63) is 0 Å². The van der Waals surface area contributed by atoms with Gasteiger partial charge in [-0.25, -0.2) is 4.79 Å². The van der Waals surface area contributed by atoms with E-state index in [1.165, 1.54) is 12.0 Å². The lowest BCUT2D eigenvalue weighted by atomic mass is 10.0. The average Bonchev–Trinajstić information content (AvgIpc) is 2.75. The summed E-state index contributed by atoms with van der Waals surface area (Å²) < 4.78 is 4.80. The van der Waals surface area contributed by atoms with Crippen molar-refractivity contribution in [3.8, 4) is 0 Å². The fourth-order valence-corrected chi connectivity index (χ4v) is 3.27. The van der Waals surface area contributed by atoms with Crippen LogP contribution in [-0.4, -0.2) is 47.7 Å². The molecule has 1 N–H and O–H groups in total. The Kier molecular flexibility index (Phi) is 3.13. The molecule has 0 spiro atoms. The molecule has 1 saturated carbocycles. The molecule has 2 rings (SSSR count). The van der Waals surface area contributed by atoms with Gasteiger partial charge >= 0.3 is 5.97 Å². The number of esters is 1. The zero-order valence-corrected chi connectivity index (χ0v) is 11.3. The Morgan fingerprint density at radius 2 is 2.11 bits per heavy atom. The number of aliphatic hydroxyl groups is 1. The van der Waals surface area contributed by atoms with Gasteiger partial charge in [-0.05, 0) is 17.8 Å². The van der Waals surface area contributed by atoms with E-state index >= 15 is 0 Å². The maximum atomic E-state index is 12.1. The van der Waals surface area contributed by atoms with Crippen LogP contribution in [0.1, 0.15) is 27.2 Å². The van der Waals surface area contributed by atoms with Crippen molar-refractivity contribution in [3.63, 3.8) is 0 Å². The first-order valence-electron chi connectivity index (χ1n) is 6.42. The van der Waals surface area contributed by atoms with Crippen molar-refractivity contribution in [1.29, 1.82) is 0 Å². The molecule has 0 radical (unpaired) electrons. The van der Waals surface area contributed by atoms with Crippen LogP contribution in [0.2, 0.25) is 0 Å². The second-order valence-corrected chi connectivity index (χ2v) is 5.84. The molecule has 2 fully saturated rings. The molecular weight excluding hydrogens is 234 g/mol. The second-order valence-electron chi connectivity index (χ2n) is 5.84. The van der Waals surface area contributed by atoms with Gasteiger partial charge in [-0.2, -0.15) is 0 Å². The zero-order chi connectivity index (χ0) is 13.7. The zero-order valence-electron chi connectivity index (χ0n) is 11.3. The predicted molar refractivity (Wildman–Crippen MR) is 64.6 cm³/mol. The van der Waals surface area contributed by atoms with Gasteiger partial charge in [0.15, 0.2) is 0 Å². The molecule has 4 atom stereocenters. The van der Waals surface area contributed by atoms with Crippen LogP contribution < -0.4 is 0 Å². The monoisotopic (exact) mass is 255 g/mol. The summed E-state index contributed by atoms with van der Waals surface area (Å²) in [6, 6.07) is -0.524. The van der Waals surface area contributed by atoms with E-state index in [-0.39, 0.29) is 23.2 Å². The highest BCUT2D eigenvalue weighted by Gasteiger charge is 2.69. The van der Waals surface area contributed by atoms with Gasteiger partial charge in [0, 0.05) is 12.5 Å². The molecule has 1 saturated heterocycles. The largest absolute Gasteiger partial charge is 0.467 e. The number of carbonyl (C=O) groups is 2. The molecule has 0 unspecified atom stereocenters. The number of rotatable bonds is 3. The first-order chi connectivity index (χ1) is 8.36. The Morgan fingerprint density at radius 3 is 2.61 bits per heavy atom. The number of fused-ring (bicyclic) bond motifs is 1. The summed E-state index contributed by atoms with van der Waals surface area (Å²) >= 11 is 0. The third-order valence-corrected chi connectivity index (χ3v) is 4.61. The summed E-state index contributed by atoms with van der Waals surface area (Å²) in [6.07, 6.45) is -0.653. The van der Waals surface area contributed by atoms with Gasteiger partial charge in [0.1, 0.15) is 12.1 Å². The molecule has 0 aromatic rings. The third kappa shape index (κ3) is 1.72. The summed E-state index contributed by atoms with van der Waals surface area (Å²) in [5.41, 5.74) is 0.0901. The fourth-order valence-electron chi connectivity index (χ4n) is 3.27. The molecule has 2 aliphatic rings. The molecule has 0 aromatic carbocycles. The van der Waals surface area contributed by atoms with Gasteiger partial charge in [-0.15, -0.1) is 0 Å². The topological polar surface area (TPSA) is 66.8 Å². The van der Waals surface area contributed by atoms with E-state index in [0.717, 1.165) is 0 Å². The normalized spacial score (nSPS) is 33.8. The lowest BCUT2D eigenvalue weighted by molar-refractivity contribution is -0.156. The van der Waals surface area contributed by atoms with E-state index in [1.807, 2.05) is 0 Å². The van der Waals surface area contributed by atoms with Crippen molar-refractivity contribution in [2.24, 2.45) is 17.3 Å². The average molecular weight is 255 g/mol. The van der Waals surface area contributed by atoms with E-state index in [9.17, 15) is 14.7 Å². The number of carbonyl (C=O) groups excluding carboxylic acids is 2. The minimum absolute atomic E-state index is 0.0901. The summed E-state index contributed by atoms with van der Waals surface area (Å²) in [6.45, 7) is 6.51.